The lowest BCUT2D eigenvalue weighted by Gasteiger charge is -2.34. The molecule has 0 aromatic rings. The minimum absolute atomic E-state index is 0.0685. The Balaban J connectivity index is 1.65. The first-order valence-corrected chi connectivity index (χ1v) is 7.81. The minimum atomic E-state index is -0.910. The molecule has 1 saturated heterocycles. The van der Waals surface area contributed by atoms with E-state index in [9.17, 15) is 9.59 Å². The van der Waals surface area contributed by atoms with E-state index in [4.69, 9.17) is 10.8 Å². The van der Waals surface area contributed by atoms with E-state index in [-0.39, 0.29) is 6.03 Å². The molecule has 120 valence electrons. The molecular weight excluding hydrogens is 272 g/mol. The van der Waals surface area contributed by atoms with Crippen LogP contribution in [0.4, 0.5) is 9.59 Å². The van der Waals surface area contributed by atoms with Crippen molar-refractivity contribution in [2.24, 2.45) is 17.6 Å². The first kappa shape index (κ1) is 15.9. The van der Waals surface area contributed by atoms with Gasteiger partial charge in [-0.2, -0.15) is 0 Å². The van der Waals surface area contributed by atoms with Gasteiger partial charge in [0.1, 0.15) is 0 Å². The van der Waals surface area contributed by atoms with Crippen molar-refractivity contribution in [2.45, 2.75) is 25.7 Å². The van der Waals surface area contributed by atoms with Crippen LogP contribution < -0.4 is 11.1 Å². The molecule has 7 nitrogen and oxygen atoms in total. The molecule has 0 unspecified atom stereocenters. The molecule has 4 N–H and O–H groups in total. The molecule has 1 saturated carbocycles. The lowest BCUT2D eigenvalue weighted by molar-refractivity contribution is 0.111. The highest BCUT2D eigenvalue weighted by atomic mass is 16.4. The fraction of sp³-hybridized carbons (Fsp3) is 0.857. The van der Waals surface area contributed by atoms with E-state index in [0.717, 1.165) is 38.8 Å². The van der Waals surface area contributed by atoms with Crippen molar-refractivity contribution in [3.05, 3.63) is 0 Å². The number of hydrogen-bond donors (Lipinski definition) is 3. The van der Waals surface area contributed by atoms with Gasteiger partial charge in [0.05, 0.1) is 0 Å². The van der Waals surface area contributed by atoms with Crippen molar-refractivity contribution >= 4 is 12.1 Å². The maximum absolute atomic E-state index is 12.1. The van der Waals surface area contributed by atoms with Gasteiger partial charge < -0.3 is 26.0 Å². The molecule has 0 aromatic carbocycles. The van der Waals surface area contributed by atoms with Crippen LogP contribution in [-0.2, 0) is 0 Å². The minimum Gasteiger partial charge on any atom is -0.465 e. The van der Waals surface area contributed by atoms with Crippen molar-refractivity contribution in [1.82, 2.24) is 15.1 Å². The maximum Gasteiger partial charge on any atom is 0.407 e. The monoisotopic (exact) mass is 298 g/mol. The van der Waals surface area contributed by atoms with Gasteiger partial charge in [0.25, 0.3) is 0 Å². The van der Waals surface area contributed by atoms with E-state index in [0.29, 0.717) is 38.0 Å². The third kappa shape index (κ3) is 4.49. The van der Waals surface area contributed by atoms with Crippen LogP contribution in [0.15, 0.2) is 0 Å². The molecule has 2 fully saturated rings. The summed E-state index contributed by atoms with van der Waals surface area (Å²) in [4.78, 5) is 25.9. The van der Waals surface area contributed by atoms with Gasteiger partial charge in [0.2, 0.25) is 0 Å². The van der Waals surface area contributed by atoms with Gasteiger partial charge in [0, 0.05) is 32.7 Å². The second-order valence-electron chi connectivity index (χ2n) is 6.07. The number of urea groups is 1. The van der Waals surface area contributed by atoms with E-state index in [1.165, 1.54) is 4.90 Å². The fourth-order valence-electron chi connectivity index (χ4n) is 3.12. The summed E-state index contributed by atoms with van der Waals surface area (Å²) in [6.45, 7) is 3.22. The summed E-state index contributed by atoms with van der Waals surface area (Å²) in [6.07, 6.45) is 3.68. The Morgan fingerprint density at radius 1 is 1.00 bits per heavy atom. The summed E-state index contributed by atoms with van der Waals surface area (Å²) in [5.41, 5.74) is 5.68. The standard InChI is InChI=1S/C14H26N4O3/c15-9-11-1-3-12(4-2-11)10-16-13(19)17-5-7-18(8-6-17)14(20)21/h11-12H,1-10,15H2,(H,16,19)(H,20,21). The van der Waals surface area contributed by atoms with Gasteiger partial charge in [-0.1, -0.05) is 0 Å². The number of amides is 3. The molecule has 3 amide bonds. The van der Waals surface area contributed by atoms with Gasteiger partial charge in [0.15, 0.2) is 0 Å². The molecule has 0 atom stereocenters. The van der Waals surface area contributed by atoms with Crippen LogP contribution in [0.1, 0.15) is 25.7 Å². The van der Waals surface area contributed by atoms with Crippen LogP contribution in [0.2, 0.25) is 0 Å². The summed E-state index contributed by atoms with van der Waals surface area (Å²) in [5.74, 6) is 1.21. The second-order valence-corrected chi connectivity index (χ2v) is 6.07. The van der Waals surface area contributed by atoms with Crippen LogP contribution in [-0.4, -0.2) is 66.3 Å². The number of carbonyl (C=O) groups excluding carboxylic acids is 1. The van der Waals surface area contributed by atoms with Gasteiger partial charge in [-0.15, -0.1) is 0 Å². The van der Waals surface area contributed by atoms with Gasteiger partial charge in [-0.3, -0.25) is 0 Å². The smallest absolute Gasteiger partial charge is 0.407 e. The first-order chi connectivity index (χ1) is 10.1. The summed E-state index contributed by atoms with van der Waals surface area (Å²) in [7, 11) is 0. The predicted molar refractivity (Wildman–Crippen MR) is 79.1 cm³/mol. The zero-order valence-corrected chi connectivity index (χ0v) is 12.5. The fourth-order valence-corrected chi connectivity index (χ4v) is 3.12. The van der Waals surface area contributed by atoms with Gasteiger partial charge >= 0.3 is 12.1 Å². The van der Waals surface area contributed by atoms with E-state index in [1.54, 1.807) is 4.90 Å². The molecule has 0 aromatic heterocycles. The Bertz CT molecular complexity index is 361. The molecule has 0 spiro atoms. The number of carbonyl (C=O) groups is 2. The molecule has 1 aliphatic heterocycles. The SMILES string of the molecule is NCC1CCC(CNC(=O)N2CCN(C(=O)O)CC2)CC1. The number of nitrogens with two attached hydrogens (primary N) is 1. The lowest BCUT2D eigenvalue weighted by Crippen LogP contribution is -2.53. The highest BCUT2D eigenvalue weighted by Gasteiger charge is 2.25. The van der Waals surface area contributed by atoms with Gasteiger partial charge in [-0.05, 0) is 44.1 Å². The molecule has 21 heavy (non-hydrogen) atoms. The Labute approximate surface area is 125 Å². The molecule has 0 radical (unpaired) electrons. The van der Waals surface area contributed by atoms with E-state index in [2.05, 4.69) is 5.32 Å². The number of piperazine rings is 1. The van der Waals surface area contributed by atoms with Crippen LogP contribution in [0.3, 0.4) is 0 Å². The van der Waals surface area contributed by atoms with E-state index in [1.807, 2.05) is 0 Å². The molecule has 2 aliphatic rings. The zero-order valence-electron chi connectivity index (χ0n) is 12.5. The highest BCUT2D eigenvalue weighted by Crippen LogP contribution is 2.27. The Morgan fingerprint density at radius 2 is 1.52 bits per heavy atom. The number of nitrogens with one attached hydrogen (secondary N) is 1. The first-order valence-electron chi connectivity index (χ1n) is 7.81. The molecular formula is C14H26N4O3. The van der Waals surface area contributed by atoms with Crippen molar-refractivity contribution in [2.75, 3.05) is 39.3 Å². The van der Waals surface area contributed by atoms with Crippen LogP contribution in [0, 0.1) is 11.8 Å². The van der Waals surface area contributed by atoms with E-state index >= 15 is 0 Å². The van der Waals surface area contributed by atoms with Gasteiger partial charge in [-0.25, -0.2) is 9.59 Å². The van der Waals surface area contributed by atoms with Crippen LogP contribution >= 0.6 is 0 Å². The lowest BCUT2D eigenvalue weighted by atomic mass is 9.82. The number of carboxylic acid groups (broad SMARTS) is 1. The molecule has 1 aliphatic carbocycles. The average molecular weight is 298 g/mol. The summed E-state index contributed by atoms with van der Waals surface area (Å²) < 4.78 is 0. The molecule has 0 bridgehead atoms. The summed E-state index contributed by atoms with van der Waals surface area (Å²) in [5, 5.41) is 11.9. The number of rotatable bonds is 3. The molecule has 2 rings (SSSR count). The van der Waals surface area contributed by atoms with E-state index < -0.39 is 6.09 Å². The molecule has 1 heterocycles. The Kier molecular flexibility index (Phi) is 5.67. The second kappa shape index (κ2) is 7.49. The Morgan fingerprint density at radius 3 is 2.05 bits per heavy atom. The van der Waals surface area contributed by atoms with Crippen LogP contribution in [0.5, 0.6) is 0 Å². The maximum atomic E-state index is 12.1. The predicted octanol–water partition coefficient (Wildman–Crippen LogP) is 0.757. The van der Waals surface area contributed by atoms with Crippen molar-refractivity contribution < 1.29 is 14.7 Å². The third-order valence-corrected chi connectivity index (χ3v) is 4.68. The normalized spacial score (nSPS) is 26.5. The third-order valence-electron chi connectivity index (χ3n) is 4.68. The summed E-state index contributed by atoms with van der Waals surface area (Å²) >= 11 is 0. The van der Waals surface area contributed by atoms with Crippen molar-refractivity contribution in [3.63, 3.8) is 0 Å². The zero-order chi connectivity index (χ0) is 15.2. The van der Waals surface area contributed by atoms with Crippen molar-refractivity contribution in [3.8, 4) is 0 Å². The summed E-state index contributed by atoms with van der Waals surface area (Å²) in [6, 6.07) is -0.0685. The average Bonchev–Trinajstić information content (AvgIpc) is 2.53. The van der Waals surface area contributed by atoms with Crippen molar-refractivity contribution in [1.29, 1.82) is 0 Å². The largest absolute Gasteiger partial charge is 0.465 e. The highest BCUT2D eigenvalue weighted by molar-refractivity contribution is 5.74. The quantitative estimate of drug-likeness (QED) is 0.716. The van der Waals surface area contributed by atoms with Crippen LogP contribution in [0.25, 0.3) is 0 Å². The number of hydrogen-bond acceptors (Lipinski definition) is 3. The number of nitrogens with zero attached hydrogens (tertiary/aromatic N) is 2. The Hall–Kier alpha value is -1.50. The topological polar surface area (TPSA) is 98.9 Å². The molecule has 7 heteroatoms.